The zero-order chi connectivity index (χ0) is 9.38. The molecule has 1 aromatic heterocycles. The molecule has 0 saturated carbocycles. The monoisotopic (exact) mass is 187 g/mol. The Bertz CT molecular complexity index is 358. The van der Waals surface area contributed by atoms with Gasteiger partial charge in [-0.3, -0.25) is 0 Å². The van der Waals surface area contributed by atoms with Crippen molar-refractivity contribution in [2.24, 2.45) is 5.92 Å². The molecule has 1 aliphatic heterocycles. The van der Waals surface area contributed by atoms with E-state index in [4.69, 9.17) is 0 Å². The van der Waals surface area contributed by atoms with Crippen LogP contribution in [0.2, 0.25) is 0 Å². The van der Waals surface area contributed by atoms with E-state index in [0.29, 0.717) is 6.04 Å². The van der Waals surface area contributed by atoms with Crippen molar-refractivity contribution >= 4 is 5.57 Å². The Balaban J connectivity index is 1.96. The van der Waals surface area contributed by atoms with E-state index in [2.05, 4.69) is 21.4 Å². The molecule has 14 heavy (non-hydrogen) atoms. The summed E-state index contributed by atoms with van der Waals surface area (Å²) in [6.45, 7) is 1.17. The van der Waals surface area contributed by atoms with Gasteiger partial charge in [-0.15, -0.1) is 0 Å². The number of nitrogens with one attached hydrogen (secondary N) is 1. The molecule has 2 heterocycles. The minimum absolute atomic E-state index is 0.541. The minimum atomic E-state index is 0.541. The molecule has 0 spiro atoms. The van der Waals surface area contributed by atoms with Crippen molar-refractivity contribution < 1.29 is 0 Å². The van der Waals surface area contributed by atoms with Gasteiger partial charge in [-0.05, 0) is 30.9 Å². The largest absolute Gasteiger partial charge is 0.310 e. The van der Waals surface area contributed by atoms with Crippen molar-refractivity contribution in [3.8, 4) is 0 Å². The van der Waals surface area contributed by atoms with Gasteiger partial charge in [0.15, 0.2) is 0 Å². The van der Waals surface area contributed by atoms with Crippen LogP contribution in [0.4, 0.5) is 0 Å². The summed E-state index contributed by atoms with van der Waals surface area (Å²) in [4.78, 5) is 8.12. The lowest BCUT2D eigenvalue weighted by Crippen LogP contribution is -2.22. The first-order valence-electron chi connectivity index (χ1n) is 5.12. The van der Waals surface area contributed by atoms with Crippen LogP contribution < -0.4 is 5.32 Å². The molecule has 3 rings (SSSR count). The highest BCUT2D eigenvalue weighted by atomic mass is 15.0. The molecule has 1 saturated heterocycles. The lowest BCUT2D eigenvalue weighted by atomic mass is 9.88. The summed E-state index contributed by atoms with van der Waals surface area (Å²) in [6.07, 6.45) is 10.2. The topological polar surface area (TPSA) is 37.8 Å². The van der Waals surface area contributed by atoms with Gasteiger partial charge in [0.25, 0.3) is 0 Å². The summed E-state index contributed by atoms with van der Waals surface area (Å²) in [7, 11) is 0. The summed E-state index contributed by atoms with van der Waals surface area (Å²) in [6, 6.07) is 0.541. The Hall–Kier alpha value is -1.22. The Morgan fingerprint density at radius 2 is 2.14 bits per heavy atom. The third-order valence-corrected chi connectivity index (χ3v) is 3.16. The van der Waals surface area contributed by atoms with Gasteiger partial charge in [0.1, 0.15) is 6.33 Å². The fourth-order valence-electron chi connectivity index (χ4n) is 2.43. The van der Waals surface area contributed by atoms with Crippen LogP contribution in [-0.2, 0) is 0 Å². The zero-order valence-corrected chi connectivity index (χ0v) is 7.98. The van der Waals surface area contributed by atoms with Crippen LogP contribution in [0.5, 0.6) is 0 Å². The number of fused-ring (bicyclic) bond motifs is 2. The van der Waals surface area contributed by atoms with Crippen molar-refractivity contribution in [2.75, 3.05) is 6.54 Å². The average molecular weight is 187 g/mol. The molecule has 3 heteroatoms. The SMILES string of the molecule is C1=C(c2cncnc2)C2CC(C1)CN2. The molecular formula is C11H13N3. The van der Waals surface area contributed by atoms with Crippen LogP contribution in [0.1, 0.15) is 18.4 Å². The molecule has 2 bridgehead atoms. The van der Waals surface area contributed by atoms with Gasteiger partial charge >= 0.3 is 0 Å². The van der Waals surface area contributed by atoms with Gasteiger partial charge in [-0.2, -0.15) is 0 Å². The van der Waals surface area contributed by atoms with Crippen LogP contribution >= 0.6 is 0 Å². The van der Waals surface area contributed by atoms with Crippen molar-refractivity contribution in [1.29, 1.82) is 0 Å². The maximum atomic E-state index is 4.06. The molecule has 0 radical (unpaired) electrons. The second-order valence-corrected chi connectivity index (χ2v) is 4.08. The zero-order valence-electron chi connectivity index (χ0n) is 7.98. The molecule has 72 valence electrons. The summed E-state index contributed by atoms with van der Waals surface area (Å²) in [5, 5.41) is 3.54. The highest BCUT2D eigenvalue weighted by molar-refractivity contribution is 5.69. The maximum Gasteiger partial charge on any atom is 0.115 e. The van der Waals surface area contributed by atoms with E-state index in [1.54, 1.807) is 6.33 Å². The van der Waals surface area contributed by atoms with Gasteiger partial charge < -0.3 is 5.32 Å². The molecule has 0 aromatic carbocycles. The second-order valence-electron chi connectivity index (χ2n) is 4.08. The van der Waals surface area contributed by atoms with Crippen molar-refractivity contribution in [2.45, 2.75) is 18.9 Å². The van der Waals surface area contributed by atoms with Crippen LogP contribution in [0.3, 0.4) is 0 Å². The Kier molecular flexibility index (Phi) is 1.84. The van der Waals surface area contributed by atoms with Crippen LogP contribution in [0, 0.1) is 5.92 Å². The van der Waals surface area contributed by atoms with Gasteiger partial charge in [0.05, 0.1) is 0 Å². The van der Waals surface area contributed by atoms with Crippen LogP contribution in [0.15, 0.2) is 24.8 Å². The van der Waals surface area contributed by atoms with Gasteiger partial charge in [-0.1, -0.05) is 6.08 Å². The number of hydrogen-bond donors (Lipinski definition) is 1. The third kappa shape index (κ3) is 1.24. The number of allylic oxidation sites excluding steroid dienone is 1. The molecule has 0 amide bonds. The van der Waals surface area contributed by atoms with Crippen LogP contribution in [-0.4, -0.2) is 22.6 Å². The van der Waals surface area contributed by atoms with Crippen LogP contribution in [0.25, 0.3) is 5.57 Å². The predicted octanol–water partition coefficient (Wildman–Crippen LogP) is 1.24. The van der Waals surface area contributed by atoms with Gasteiger partial charge in [0.2, 0.25) is 0 Å². The van der Waals surface area contributed by atoms with Crippen molar-refractivity contribution in [1.82, 2.24) is 15.3 Å². The number of nitrogens with zero attached hydrogens (tertiary/aromatic N) is 2. The quantitative estimate of drug-likeness (QED) is 0.718. The maximum absolute atomic E-state index is 4.06. The highest BCUT2D eigenvalue weighted by Gasteiger charge is 2.30. The molecule has 2 atom stereocenters. The molecular weight excluding hydrogens is 174 g/mol. The van der Waals surface area contributed by atoms with E-state index >= 15 is 0 Å². The fourth-order valence-corrected chi connectivity index (χ4v) is 2.43. The molecule has 3 nitrogen and oxygen atoms in total. The highest BCUT2D eigenvalue weighted by Crippen LogP contribution is 2.33. The molecule has 2 unspecified atom stereocenters. The van der Waals surface area contributed by atoms with E-state index in [9.17, 15) is 0 Å². The molecule has 2 aliphatic rings. The molecule has 1 aliphatic carbocycles. The van der Waals surface area contributed by atoms with Gasteiger partial charge in [0, 0.05) is 24.0 Å². The summed E-state index contributed by atoms with van der Waals surface area (Å²) in [5.41, 5.74) is 2.56. The molecule has 1 N–H and O–H groups in total. The Morgan fingerprint density at radius 1 is 1.29 bits per heavy atom. The minimum Gasteiger partial charge on any atom is -0.310 e. The number of aromatic nitrogens is 2. The smallest absolute Gasteiger partial charge is 0.115 e. The Labute approximate surface area is 83.3 Å². The van der Waals surface area contributed by atoms with Gasteiger partial charge in [-0.25, -0.2) is 9.97 Å². The summed E-state index contributed by atoms with van der Waals surface area (Å²) >= 11 is 0. The first kappa shape index (κ1) is 8.12. The standard InChI is InChI=1S/C11H13N3/c1-2-10(9-5-12-7-13-6-9)11-3-8(1)4-14-11/h2,5-8,11,14H,1,3-4H2. The number of rotatable bonds is 1. The van der Waals surface area contributed by atoms with E-state index in [0.717, 1.165) is 5.92 Å². The average Bonchev–Trinajstić information content (AvgIpc) is 2.62. The van der Waals surface area contributed by atoms with Crippen molar-refractivity contribution in [3.63, 3.8) is 0 Å². The normalized spacial score (nSPS) is 30.1. The van der Waals surface area contributed by atoms with Crippen molar-refractivity contribution in [3.05, 3.63) is 30.4 Å². The lowest BCUT2D eigenvalue weighted by Gasteiger charge is -2.19. The summed E-state index contributed by atoms with van der Waals surface area (Å²) < 4.78 is 0. The predicted molar refractivity (Wildman–Crippen MR) is 54.5 cm³/mol. The number of hydrogen-bond acceptors (Lipinski definition) is 3. The lowest BCUT2D eigenvalue weighted by molar-refractivity contribution is 0.574. The third-order valence-electron chi connectivity index (χ3n) is 3.16. The Morgan fingerprint density at radius 3 is 3.00 bits per heavy atom. The van der Waals surface area contributed by atoms with E-state index in [1.165, 1.54) is 30.5 Å². The first-order valence-corrected chi connectivity index (χ1v) is 5.12. The first-order chi connectivity index (χ1) is 6.93. The fraction of sp³-hybridized carbons (Fsp3) is 0.455. The molecule has 1 aromatic rings. The van der Waals surface area contributed by atoms with E-state index < -0.39 is 0 Å². The molecule has 1 fully saturated rings. The summed E-state index contributed by atoms with van der Waals surface area (Å²) in [5.74, 6) is 0.855. The van der Waals surface area contributed by atoms with E-state index in [-0.39, 0.29) is 0 Å². The second kappa shape index (κ2) is 3.17. The van der Waals surface area contributed by atoms with E-state index in [1.807, 2.05) is 12.4 Å².